The van der Waals surface area contributed by atoms with Gasteiger partial charge in [-0.05, 0) is 25.1 Å². The Morgan fingerprint density at radius 2 is 1.65 bits per heavy atom. The molecular formula is C14H12O3. The molecule has 0 unspecified atom stereocenters. The van der Waals surface area contributed by atoms with E-state index in [0.29, 0.717) is 5.56 Å². The van der Waals surface area contributed by atoms with Crippen LogP contribution in [0.1, 0.15) is 21.5 Å². The molecule has 0 aromatic heterocycles. The van der Waals surface area contributed by atoms with Gasteiger partial charge in [0.1, 0.15) is 11.5 Å². The van der Waals surface area contributed by atoms with Gasteiger partial charge in [-0.25, -0.2) is 0 Å². The van der Waals surface area contributed by atoms with E-state index in [-0.39, 0.29) is 22.8 Å². The van der Waals surface area contributed by atoms with Crippen LogP contribution in [0.15, 0.2) is 42.5 Å². The van der Waals surface area contributed by atoms with Crippen molar-refractivity contribution >= 4 is 5.78 Å². The number of hydrogen-bond donors (Lipinski definition) is 2. The highest BCUT2D eigenvalue weighted by Gasteiger charge is 2.13. The Bertz CT molecular complexity index is 556. The molecule has 0 aliphatic heterocycles. The van der Waals surface area contributed by atoms with Crippen molar-refractivity contribution in [3.8, 4) is 11.5 Å². The highest BCUT2D eigenvalue weighted by Crippen LogP contribution is 2.24. The fraction of sp³-hybridized carbons (Fsp3) is 0.0714. The molecule has 0 fully saturated rings. The number of hydrogen-bond acceptors (Lipinski definition) is 3. The number of carbonyl (C=O) groups is 1. The monoisotopic (exact) mass is 228 g/mol. The van der Waals surface area contributed by atoms with Crippen LogP contribution < -0.4 is 0 Å². The molecule has 2 aromatic rings. The van der Waals surface area contributed by atoms with E-state index >= 15 is 0 Å². The van der Waals surface area contributed by atoms with Crippen LogP contribution >= 0.6 is 0 Å². The second kappa shape index (κ2) is 4.29. The zero-order valence-electron chi connectivity index (χ0n) is 9.34. The van der Waals surface area contributed by atoms with Crippen molar-refractivity contribution in [1.82, 2.24) is 0 Å². The van der Waals surface area contributed by atoms with Gasteiger partial charge in [0.2, 0.25) is 0 Å². The minimum absolute atomic E-state index is 0.0433. The lowest BCUT2D eigenvalue weighted by Gasteiger charge is -2.04. The molecule has 0 spiro atoms. The molecule has 0 radical (unpaired) electrons. The van der Waals surface area contributed by atoms with Gasteiger partial charge in [-0.15, -0.1) is 0 Å². The molecule has 0 bridgehead atoms. The Balaban J connectivity index is 2.43. The lowest BCUT2D eigenvalue weighted by molar-refractivity contribution is 0.103. The first-order valence-electron chi connectivity index (χ1n) is 5.21. The minimum atomic E-state index is -0.307. The largest absolute Gasteiger partial charge is 0.508 e. The Hall–Kier alpha value is -2.29. The van der Waals surface area contributed by atoms with Gasteiger partial charge >= 0.3 is 0 Å². The number of aryl methyl sites for hydroxylation is 1. The van der Waals surface area contributed by atoms with E-state index < -0.39 is 0 Å². The molecule has 0 saturated heterocycles. The summed E-state index contributed by atoms with van der Waals surface area (Å²) in [6.45, 7) is 1.93. The van der Waals surface area contributed by atoms with Crippen molar-refractivity contribution in [2.45, 2.75) is 6.92 Å². The van der Waals surface area contributed by atoms with Crippen LogP contribution in [-0.2, 0) is 0 Å². The second-order valence-electron chi connectivity index (χ2n) is 3.90. The van der Waals surface area contributed by atoms with Crippen molar-refractivity contribution in [2.24, 2.45) is 0 Å². The third kappa shape index (κ3) is 2.28. The summed E-state index contributed by atoms with van der Waals surface area (Å²) in [4.78, 5) is 12.1. The van der Waals surface area contributed by atoms with Crippen LogP contribution in [0.3, 0.4) is 0 Å². The van der Waals surface area contributed by atoms with Crippen molar-refractivity contribution in [3.05, 3.63) is 59.2 Å². The summed E-state index contributed by atoms with van der Waals surface area (Å²) in [7, 11) is 0. The van der Waals surface area contributed by atoms with E-state index in [0.717, 1.165) is 5.56 Å². The number of carbonyl (C=O) groups excluding carboxylic acids is 1. The number of ketones is 1. The number of phenols is 2. The SMILES string of the molecule is Cc1ccc(C(=O)c2cc(O)ccc2O)cc1. The van der Waals surface area contributed by atoms with Crippen molar-refractivity contribution in [1.29, 1.82) is 0 Å². The third-order valence-electron chi connectivity index (χ3n) is 2.54. The summed E-state index contributed by atoms with van der Waals surface area (Å²) in [5, 5.41) is 18.9. The van der Waals surface area contributed by atoms with Crippen LogP contribution in [0.2, 0.25) is 0 Å². The van der Waals surface area contributed by atoms with Crippen LogP contribution in [0.25, 0.3) is 0 Å². The van der Waals surface area contributed by atoms with E-state index in [1.807, 2.05) is 19.1 Å². The normalized spacial score (nSPS) is 10.2. The van der Waals surface area contributed by atoms with Crippen LogP contribution in [0, 0.1) is 6.92 Å². The Morgan fingerprint density at radius 1 is 1.00 bits per heavy atom. The summed E-state index contributed by atoms with van der Waals surface area (Å²) in [6.07, 6.45) is 0. The zero-order chi connectivity index (χ0) is 12.4. The Morgan fingerprint density at radius 3 is 2.29 bits per heavy atom. The average Bonchev–Trinajstić information content (AvgIpc) is 2.32. The van der Waals surface area contributed by atoms with Gasteiger partial charge in [-0.1, -0.05) is 29.8 Å². The maximum absolute atomic E-state index is 12.1. The molecule has 3 nitrogen and oxygen atoms in total. The van der Waals surface area contributed by atoms with Gasteiger partial charge in [-0.3, -0.25) is 4.79 Å². The fourth-order valence-corrected chi connectivity index (χ4v) is 1.57. The summed E-state index contributed by atoms with van der Waals surface area (Å²) >= 11 is 0. The molecule has 0 aliphatic carbocycles. The first-order valence-corrected chi connectivity index (χ1v) is 5.21. The van der Waals surface area contributed by atoms with Crippen molar-refractivity contribution < 1.29 is 15.0 Å². The maximum Gasteiger partial charge on any atom is 0.196 e. The maximum atomic E-state index is 12.1. The highest BCUT2D eigenvalue weighted by molar-refractivity contribution is 6.10. The Labute approximate surface area is 99.0 Å². The highest BCUT2D eigenvalue weighted by atomic mass is 16.3. The second-order valence-corrected chi connectivity index (χ2v) is 3.90. The first-order chi connectivity index (χ1) is 8.08. The van der Waals surface area contributed by atoms with Gasteiger partial charge < -0.3 is 10.2 Å². The average molecular weight is 228 g/mol. The quantitative estimate of drug-likeness (QED) is 0.613. The summed E-state index contributed by atoms with van der Waals surface area (Å²) in [5.41, 5.74) is 1.65. The number of benzene rings is 2. The summed E-state index contributed by atoms with van der Waals surface area (Å²) < 4.78 is 0. The van der Waals surface area contributed by atoms with Gasteiger partial charge in [0.25, 0.3) is 0 Å². The van der Waals surface area contributed by atoms with Gasteiger partial charge in [0.05, 0.1) is 5.56 Å². The summed E-state index contributed by atoms with van der Waals surface area (Å²) in [5.74, 6) is -0.481. The van der Waals surface area contributed by atoms with Gasteiger partial charge in [0, 0.05) is 5.56 Å². The minimum Gasteiger partial charge on any atom is -0.508 e. The number of rotatable bonds is 2. The Kier molecular flexibility index (Phi) is 2.83. The molecule has 2 rings (SSSR count). The van der Waals surface area contributed by atoms with E-state index in [1.165, 1.54) is 18.2 Å². The predicted octanol–water partition coefficient (Wildman–Crippen LogP) is 2.64. The standard InChI is InChI=1S/C14H12O3/c1-9-2-4-10(5-3-9)14(17)12-8-11(15)6-7-13(12)16/h2-8,15-16H,1H3. The number of aromatic hydroxyl groups is 2. The fourth-order valence-electron chi connectivity index (χ4n) is 1.57. The molecule has 86 valence electrons. The number of phenolic OH excluding ortho intramolecular Hbond substituents is 2. The van der Waals surface area contributed by atoms with E-state index in [2.05, 4.69) is 0 Å². The molecule has 0 aliphatic rings. The molecular weight excluding hydrogens is 216 g/mol. The molecule has 3 heteroatoms. The smallest absolute Gasteiger partial charge is 0.196 e. The zero-order valence-corrected chi connectivity index (χ0v) is 9.34. The molecule has 0 heterocycles. The van der Waals surface area contributed by atoms with Crippen LogP contribution in [0.4, 0.5) is 0 Å². The molecule has 2 N–H and O–H groups in total. The summed E-state index contributed by atoms with van der Waals surface area (Å²) in [6, 6.07) is 10.9. The van der Waals surface area contributed by atoms with Crippen molar-refractivity contribution in [3.63, 3.8) is 0 Å². The van der Waals surface area contributed by atoms with Crippen LogP contribution in [0.5, 0.6) is 11.5 Å². The molecule has 0 atom stereocenters. The van der Waals surface area contributed by atoms with E-state index in [1.54, 1.807) is 12.1 Å². The molecule has 17 heavy (non-hydrogen) atoms. The van der Waals surface area contributed by atoms with Gasteiger partial charge in [-0.2, -0.15) is 0 Å². The van der Waals surface area contributed by atoms with Gasteiger partial charge in [0.15, 0.2) is 5.78 Å². The molecule has 0 saturated carbocycles. The molecule has 2 aromatic carbocycles. The third-order valence-corrected chi connectivity index (χ3v) is 2.54. The van der Waals surface area contributed by atoms with E-state index in [9.17, 15) is 15.0 Å². The van der Waals surface area contributed by atoms with E-state index in [4.69, 9.17) is 0 Å². The predicted molar refractivity (Wildman–Crippen MR) is 64.4 cm³/mol. The lowest BCUT2D eigenvalue weighted by atomic mass is 10.0. The lowest BCUT2D eigenvalue weighted by Crippen LogP contribution is -2.01. The van der Waals surface area contributed by atoms with Crippen molar-refractivity contribution in [2.75, 3.05) is 0 Å². The molecule has 0 amide bonds. The topological polar surface area (TPSA) is 57.5 Å². The first kappa shape index (κ1) is 11.2. The van der Waals surface area contributed by atoms with Crippen LogP contribution in [-0.4, -0.2) is 16.0 Å².